The van der Waals surface area contributed by atoms with Crippen LogP contribution < -0.4 is 24.3 Å². The molecule has 0 atom stereocenters. The molecule has 2 aromatic carbocycles. The first kappa shape index (κ1) is 30.0. The van der Waals surface area contributed by atoms with Crippen LogP contribution in [0.2, 0.25) is 0 Å². The number of unbranched alkanes of at least 4 members (excludes halogenated alkanes) is 3. The summed E-state index contributed by atoms with van der Waals surface area (Å²) in [6.07, 6.45) is 8.83. The van der Waals surface area contributed by atoms with E-state index < -0.39 is 11.9 Å². The largest absolute Gasteiger partial charge is 0.493 e. The first-order valence-corrected chi connectivity index (χ1v) is 12.6. The normalized spacial score (nSPS) is 11.2. The van der Waals surface area contributed by atoms with Crippen LogP contribution in [0.3, 0.4) is 0 Å². The van der Waals surface area contributed by atoms with Gasteiger partial charge < -0.3 is 24.3 Å². The van der Waals surface area contributed by atoms with E-state index in [9.17, 15) is 14.9 Å². The van der Waals surface area contributed by atoms with E-state index in [1.165, 1.54) is 32.1 Å². The number of benzene rings is 2. The lowest BCUT2D eigenvalue weighted by molar-refractivity contribution is -0.129. The molecule has 0 aromatic heterocycles. The van der Waals surface area contributed by atoms with Crippen molar-refractivity contribution in [2.24, 2.45) is 0 Å². The van der Waals surface area contributed by atoms with Crippen molar-refractivity contribution in [1.29, 1.82) is 5.26 Å². The first-order chi connectivity index (χ1) is 18.3. The van der Waals surface area contributed by atoms with Gasteiger partial charge in [0.15, 0.2) is 23.0 Å². The lowest BCUT2D eigenvalue weighted by Gasteiger charge is -2.11. The zero-order chi connectivity index (χ0) is 27.9. The van der Waals surface area contributed by atoms with Crippen LogP contribution in [0.5, 0.6) is 23.0 Å². The minimum absolute atomic E-state index is 0.0447. The molecule has 0 aliphatic heterocycles. The molecule has 2 aromatic rings. The average molecular weight is 521 g/mol. The fraction of sp³-hybridized carbons (Fsp3) is 0.367. The summed E-state index contributed by atoms with van der Waals surface area (Å²) < 4.78 is 22.0. The van der Waals surface area contributed by atoms with Crippen molar-refractivity contribution in [3.8, 4) is 29.1 Å². The van der Waals surface area contributed by atoms with Crippen molar-refractivity contribution in [2.75, 3.05) is 20.8 Å². The van der Waals surface area contributed by atoms with Crippen molar-refractivity contribution in [3.63, 3.8) is 0 Å². The second kappa shape index (κ2) is 15.8. The molecule has 202 valence electrons. The highest BCUT2D eigenvalue weighted by atomic mass is 16.6. The summed E-state index contributed by atoms with van der Waals surface area (Å²) in [6, 6.07) is 12.0. The maximum atomic E-state index is 12.5. The highest BCUT2D eigenvalue weighted by molar-refractivity contribution is 6.01. The lowest BCUT2D eigenvalue weighted by Crippen LogP contribution is -2.30. The van der Waals surface area contributed by atoms with E-state index in [4.69, 9.17) is 18.9 Å². The Bertz CT molecular complexity index is 1190. The monoisotopic (exact) mass is 520 g/mol. The summed E-state index contributed by atoms with van der Waals surface area (Å²) >= 11 is 0. The summed E-state index contributed by atoms with van der Waals surface area (Å²) in [6.45, 7) is 6.41. The summed E-state index contributed by atoms with van der Waals surface area (Å²) in [5, 5.41) is 12.0. The Labute approximate surface area is 224 Å². The van der Waals surface area contributed by atoms with Crippen LogP contribution in [0.15, 0.2) is 48.0 Å². The molecule has 0 aliphatic carbocycles. The van der Waals surface area contributed by atoms with Gasteiger partial charge in [0.25, 0.3) is 5.91 Å². The van der Waals surface area contributed by atoms with Gasteiger partial charge in [0.2, 0.25) is 0 Å². The number of carbonyl (C=O) groups excluding carboxylic acids is 2. The molecule has 0 unspecified atom stereocenters. The third kappa shape index (κ3) is 9.66. The molecule has 0 saturated heterocycles. The van der Waals surface area contributed by atoms with E-state index in [-0.39, 0.29) is 23.1 Å². The minimum atomic E-state index is -0.601. The zero-order valence-corrected chi connectivity index (χ0v) is 22.7. The van der Waals surface area contributed by atoms with E-state index in [1.807, 2.05) is 32.0 Å². The molecule has 2 rings (SSSR count). The van der Waals surface area contributed by atoms with Crippen LogP contribution in [-0.2, 0) is 9.59 Å². The number of esters is 1. The third-order valence-corrected chi connectivity index (χ3v) is 5.35. The van der Waals surface area contributed by atoms with Gasteiger partial charge in [-0.1, -0.05) is 38.3 Å². The second-order valence-corrected chi connectivity index (χ2v) is 8.78. The molecule has 0 saturated carbocycles. The average Bonchev–Trinajstić information content (AvgIpc) is 2.90. The number of amides is 1. The molecule has 0 aliphatic rings. The van der Waals surface area contributed by atoms with Gasteiger partial charge in [0, 0.05) is 12.1 Å². The summed E-state index contributed by atoms with van der Waals surface area (Å²) in [5.74, 6) is 0.656. The van der Waals surface area contributed by atoms with Crippen LogP contribution in [-0.4, -0.2) is 38.7 Å². The Morgan fingerprint density at radius 3 is 2.26 bits per heavy atom. The van der Waals surface area contributed by atoms with E-state index in [2.05, 4.69) is 12.2 Å². The van der Waals surface area contributed by atoms with Crippen molar-refractivity contribution in [3.05, 3.63) is 59.2 Å². The third-order valence-electron chi connectivity index (χ3n) is 5.35. The number of hydrogen-bond donors (Lipinski definition) is 1. The molecule has 0 heterocycles. The standard InChI is InChI=1S/C30H36N2O6/c1-6-7-8-9-16-37-25-13-10-22(18-27(25)35-4)12-15-29(33)38-26-14-11-23(19-28(26)36-5)17-24(20-31)30(34)32-21(2)3/h10-15,17-19,21H,6-9,16H2,1-5H3,(H,32,34)/b15-12+,24-17+. The van der Waals surface area contributed by atoms with E-state index in [0.717, 1.165) is 18.4 Å². The predicted octanol–water partition coefficient (Wildman–Crippen LogP) is 5.71. The molecular formula is C30H36N2O6. The van der Waals surface area contributed by atoms with Crippen molar-refractivity contribution < 1.29 is 28.5 Å². The molecule has 1 amide bonds. The van der Waals surface area contributed by atoms with Gasteiger partial charge in [-0.3, -0.25) is 4.79 Å². The van der Waals surface area contributed by atoms with Gasteiger partial charge in [-0.05, 0) is 67.8 Å². The van der Waals surface area contributed by atoms with Crippen LogP contribution in [0.25, 0.3) is 12.2 Å². The van der Waals surface area contributed by atoms with Gasteiger partial charge in [-0.15, -0.1) is 0 Å². The molecule has 1 N–H and O–H groups in total. The fourth-order valence-corrected chi connectivity index (χ4v) is 3.44. The number of hydrogen-bond acceptors (Lipinski definition) is 7. The van der Waals surface area contributed by atoms with Crippen LogP contribution >= 0.6 is 0 Å². The molecule has 0 fully saturated rings. The smallest absolute Gasteiger partial charge is 0.336 e. The van der Waals surface area contributed by atoms with E-state index in [0.29, 0.717) is 23.7 Å². The topological polar surface area (TPSA) is 107 Å². The Kier molecular flexibility index (Phi) is 12.4. The van der Waals surface area contributed by atoms with Crippen molar-refractivity contribution >= 4 is 24.0 Å². The first-order valence-electron chi connectivity index (χ1n) is 12.6. The number of carbonyl (C=O) groups is 2. The molecule has 8 nitrogen and oxygen atoms in total. The van der Waals surface area contributed by atoms with E-state index in [1.54, 1.807) is 37.5 Å². The van der Waals surface area contributed by atoms with E-state index >= 15 is 0 Å². The van der Waals surface area contributed by atoms with Crippen LogP contribution in [0.1, 0.15) is 57.6 Å². The second-order valence-electron chi connectivity index (χ2n) is 8.78. The van der Waals surface area contributed by atoms with Gasteiger partial charge in [0.05, 0.1) is 20.8 Å². The zero-order valence-electron chi connectivity index (χ0n) is 22.7. The lowest BCUT2D eigenvalue weighted by atomic mass is 10.1. The van der Waals surface area contributed by atoms with Gasteiger partial charge in [-0.2, -0.15) is 5.26 Å². The minimum Gasteiger partial charge on any atom is -0.493 e. The highest BCUT2D eigenvalue weighted by Crippen LogP contribution is 2.30. The molecule has 38 heavy (non-hydrogen) atoms. The number of nitrogens with zero attached hydrogens (tertiary/aromatic N) is 1. The Morgan fingerprint density at radius 2 is 1.61 bits per heavy atom. The quantitative estimate of drug-likeness (QED) is 0.112. The molecule has 8 heteroatoms. The van der Waals surface area contributed by atoms with Gasteiger partial charge in [0.1, 0.15) is 11.6 Å². The van der Waals surface area contributed by atoms with Crippen LogP contribution in [0, 0.1) is 11.3 Å². The van der Waals surface area contributed by atoms with Crippen molar-refractivity contribution in [1.82, 2.24) is 5.32 Å². The summed E-state index contributed by atoms with van der Waals surface area (Å²) in [7, 11) is 3.01. The maximum Gasteiger partial charge on any atom is 0.336 e. The summed E-state index contributed by atoms with van der Waals surface area (Å²) in [4.78, 5) is 24.6. The van der Waals surface area contributed by atoms with Crippen LogP contribution in [0.4, 0.5) is 0 Å². The van der Waals surface area contributed by atoms with Gasteiger partial charge in [-0.25, -0.2) is 4.79 Å². The molecule has 0 bridgehead atoms. The fourth-order valence-electron chi connectivity index (χ4n) is 3.44. The molecular weight excluding hydrogens is 484 g/mol. The van der Waals surface area contributed by atoms with Crippen molar-refractivity contribution in [2.45, 2.75) is 52.5 Å². The molecule has 0 spiro atoms. The Morgan fingerprint density at radius 1 is 0.947 bits per heavy atom. The number of nitriles is 1. The highest BCUT2D eigenvalue weighted by Gasteiger charge is 2.13. The SMILES string of the molecule is CCCCCCOc1ccc(/C=C/C(=O)Oc2ccc(/C=C(\C#N)C(=O)NC(C)C)cc2OC)cc1OC. The molecule has 0 radical (unpaired) electrons. The predicted molar refractivity (Wildman–Crippen MR) is 147 cm³/mol. The number of methoxy groups -OCH3 is 2. The number of nitrogens with one attached hydrogen (secondary N) is 1. The number of rotatable bonds is 14. The Balaban J connectivity index is 2.07. The van der Waals surface area contributed by atoms with Gasteiger partial charge >= 0.3 is 5.97 Å². The Hall–Kier alpha value is -4.25. The summed E-state index contributed by atoms with van der Waals surface area (Å²) in [5.41, 5.74) is 1.25. The number of ether oxygens (including phenoxy) is 4. The maximum absolute atomic E-state index is 12.5.